The number of hydrogen-bond donors (Lipinski definition) is 1. The van der Waals surface area contributed by atoms with Gasteiger partial charge in [0, 0.05) is 12.2 Å². The number of hydrogen-bond acceptors (Lipinski definition) is 3. The van der Waals surface area contributed by atoms with E-state index < -0.39 is 11.8 Å². The molecule has 1 unspecified atom stereocenters. The van der Waals surface area contributed by atoms with Gasteiger partial charge < -0.3 is 9.64 Å². The minimum Gasteiger partial charge on any atom is -0.374 e. The lowest BCUT2D eigenvalue weighted by Gasteiger charge is -2.33. The number of amides is 1. The zero-order chi connectivity index (χ0) is 14.8. The zero-order valence-electron chi connectivity index (χ0n) is 12.1. The molecule has 0 bridgehead atoms. The van der Waals surface area contributed by atoms with Gasteiger partial charge >= 0.3 is 0 Å². The van der Waals surface area contributed by atoms with Crippen molar-refractivity contribution in [3.63, 3.8) is 0 Å². The third-order valence-corrected chi connectivity index (χ3v) is 3.36. The van der Waals surface area contributed by atoms with Crippen LogP contribution in [0.1, 0.15) is 32.5 Å². The van der Waals surface area contributed by atoms with E-state index in [9.17, 15) is 9.18 Å². The molecule has 110 valence electrons. The van der Waals surface area contributed by atoms with E-state index >= 15 is 0 Å². The fraction of sp³-hybridized carbons (Fsp3) is 0.533. The summed E-state index contributed by atoms with van der Waals surface area (Å²) in [6.45, 7) is 7.00. The van der Waals surface area contributed by atoms with E-state index in [0.717, 1.165) is 0 Å². The minimum atomic E-state index is -0.458. The highest BCUT2D eigenvalue weighted by Gasteiger charge is 2.36. The topological polar surface area (TPSA) is 41.6 Å². The number of halogens is 1. The summed E-state index contributed by atoms with van der Waals surface area (Å²) in [7, 11) is 0. The summed E-state index contributed by atoms with van der Waals surface area (Å²) < 4.78 is 19.6. The Balaban J connectivity index is 2.21. The first-order chi connectivity index (χ1) is 9.44. The van der Waals surface area contributed by atoms with Crippen LogP contribution in [0.5, 0.6) is 0 Å². The molecule has 1 aromatic rings. The van der Waals surface area contributed by atoms with Crippen molar-refractivity contribution in [3.05, 3.63) is 35.6 Å². The first-order valence-corrected chi connectivity index (χ1v) is 6.86. The Morgan fingerprint density at radius 2 is 2.15 bits per heavy atom. The van der Waals surface area contributed by atoms with Gasteiger partial charge in [-0.25, -0.2) is 4.39 Å². The first kappa shape index (κ1) is 14.9. The molecule has 5 heteroatoms. The molecule has 1 atom stereocenters. The van der Waals surface area contributed by atoms with Gasteiger partial charge in [0.05, 0.1) is 18.7 Å². The molecule has 0 radical (unpaired) electrons. The number of nitrogens with zero attached hydrogens (tertiary/aromatic N) is 1. The summed E-state index contributed by atoms with van der Waals surface area (Å²) >= 11 is 0. The van der Waals surface area contributed by atoms with Crippen LogP contribution in [0.2, 0.25) is 0 Å². The number of nitrogens with one attached hydrogen (secondary N) is 1. The number of carbonyl (C=O) groups is 1. The Bertz CT molecular complexity index is 491. The second-order valence-electron chi connectivity index (χ2n) is 5.52. The second kappa shape index (κ2) is 5.89. The summed E-state index contributed by atoms with van der Waals surface area (Å²) in [6.07, 6.45) is -0.427. The van der Waals surface area contributed by atoms with Crippen LogP contribution < -0.4 is 5.32 Å². The van der Waals surface area contributed by atoms with Crippen molar-refractivity contribution in [2.75, 3.05) is 19.7 Å². The molecular formula is C15H21FN2O2. The summed E-state index contributed by atoms with van der Waals surface area (Å²) in [6, 6.07) is 6.52. The smallest absolute Gasteiger partial charge is 0.238 e. The Morgan fingerprint density at radius 1 is 1.45 bits per heavy atom. The molecule has 1 aromatic carbocycles. The molecule has 1 heterocycles. The lowest BCUT2D eigenvalue weighted by molar-refractivity contribution is -0.132. The van der Waals surface area contributed by atoms with E-state index in [4.69, 9.17) is 4.74 Å². The molecular weight excluding hydrogens is 259 g/mol. The standard InChI is InChI=1S/C15H21FN2O2/c1-4-20-15(2,3)10-18-13(19)9-17-14(18)11-7-5-6-8-12(11)16/h5-8,14,17H,4,9-10H2,1-3H3. The van der Waals surface area contributed by atoms with Crippen LogP contribution in [-0.4, -0.2) is 36.1 Å². The molecule has 1 saturated heterocycles. The molecule has 1 fully saturated rings. The van der Waals surface area contributed by atoms with Gasteiger partial charge in [0.15, 0.2) is 0 Å². The van der Waals surface area contributed by atoms with Crippen LogP contribution >= 0.6 is 0 Å². The second-order valence-corrected chi connectivity index (χ2v) is 5.52. The van der Waals surface area contributed by atoms with Crippen molar-refractivity contribution in [1.29, 1.82) is 0 Å². The van der Waals surface area contributed by atoms with Crippen LogP contribution in [-0.2, 0) is 9.53 Å². The van der Waals surface area contributed by atoms with Crippen LogP contribution in [0, 0.1) is 5.82 Å². The summed E-state index contributed by atoms with van der Waals surface area (Å²) in [4.78, 5) is 13.7. The van der Waals surface area contributed by atoms with Crippen molar-refractivity contribution >= 4 is 5.91 Å². The van der Waals surface area contributed by atoms with Gasteiger partial charge in [-0.2, -0.15) is 0 Å². The van der Waals surface area contributed by atoms with E-state index in [1.54, 1.807) is 23.1 Å². The van der Waals surface area contributed by atoms with Crippen LogP contribution in [0.4, 0.5) is 4.39 Å². The summed E-state index contributed by atoms with van der Waals surface area (Å²) in [5.74, 6) is -0.343. The van der Waals surface area contributed by atoms with Gasteiger partial charge in [0.25, 0.3) is 0 Å². The monoisotopic (exact) mass is 280 g/mol. The molecule has 1 N–H and O–H groups in total. The number of benzene rings is 1. The minimum absolute atomic E-state index is 0.0361. The van der Waals surface area contributed by atoms with Crippen LogP contribution in [0.15, 0.2) is 24.3 Å². The van der Waals surface area contributed by atoms with Crippen molar-refractivity contribution in [1.82, 2.24) is 10.2 Å². The predicted molar refractivity (Wildman–Crippen MR) is 74.6 cm³/mol. The van der Waals surface area contributed by atoms with Crippen molar-refractivity contribution in [2.24, 2.45) is 0 Å². The quantitative estimate of drug-likeness (QED) is 0.897. The lowest BCUT2D eigenvalue weighted by Crippen LogP contribution is -2.43. The molecule has 1 amide bonds. The zero-order valence-corrected chi connectivity index (χ0v) is 12.1. The maximum absolute atomic E-state index is 13.9. The molecule has 2 rings (SSSR count). The fourth-order valence-electron chi connectivity index (χ4n) is 2.54. The SMILES string of the molecule is CCOC(C)(C)CN1C(=O)CNC1c1ccccc1F. The van der Waals surface area contributed by atoms with Gasteiger partial charge in [0.1, 0.15) is 12.0 Å². The number of rotatable bonds is 5. The highest BCUT2D eigenvalue weighted by Crippen LogP contribution is 2.27. The first-order valence-electron chi connectivity index (χ1n) is 6.86. The fourth-order valence-corrected chi connectivity index (χ4v) is 2.54. The van der Waals surface area contributed by atoms with Crippen LogP contribution in [0.3, 0.4) is 0 Å². The molecule has 20 heavy (non-hydrogen) atoms. The maximum Gasteiger partial charge on any atom is 0.238 e. The molecule has 0 aromatic heterocycles. The molecule has 0 spiro atoms. The third-order valence-electron chi connectivity index (χ3n) is 3.36. The maximum atomic E-state index is 13.9. The average molecular weight is 280 g/mol. The Morgan fingerprint density at radius 3 is 2.80 bits per heavy atom. The van der Waals surface area contributed by atoms with Gasteiger partial charge in [-0.05, 0) is 26.8 Å². The Hall–Kier alpha value is -1.46. The molecule has 4 nitrogen and oxygen atoms in total. The highest BCUT2D eigenvalue weighted by atomic mass is 19.1. The van der Waals surface area contributed by atoms with E-state index in [1.807, 2.05) is 20.8 Å². The van der Waals surface area contributed by atoms with Crippen molar-refractivity contribution in [2.45, 2.75) is 32.5 Å². The number of ether oxygens (including phenoxy) is 1. The van der Waals surface area contributed by atoms with Gasteiger partial charge in [-0.3, -0.25) is 10.1 Å². The third kappa shape index (κ3) is 3.16. The van der Waals surface area contributed by atoms with Crippen LogP contribution in [0.25, 0.3) is 0 Å². The Kier molecular flexibility index (Phi) is 4.40. The predicted octanol–water partition coefficient (Wildman–Crippen LogP) is 2.07. The van der Waals surface area contributed by atoms with E-state index in [-0.39, 0.29) is 18.3 Å². The molecule has 0 saturated carbocycles. The summed E-state index contributed by atoms with van der Waals surface area (Å²) in [5, 5.41) is 3.06. The van der Waals surface area contributed by atoms with Gasteiger partial charge in [-0.1, -0.05) is 18.2 Å². The molecule has 1 aliphatic heterocycles. The summed E-state index contributed by atoms with van der Waals surface area (Å²) in [5.41, 5.74) is 0.0329. The highest BCUT2D eigenvalue weighted by molar-refractivity contribution is 5.81. The van der Waals surface area contributed by atoms with E-state index in [2.05, 4.69) is 5.32 Å². The van der Waals surface area contributed by atoms with Crippen molar-refractivity contribution < 1.29 is 13.9 Å². The Labute approximate surface area is 118 Å². The van der Waals surface area contributed by atoms with Crippen molar-refractivity contribution in [3.8, 4) is 0 Å². The largest absolute Gasteiger partial charge is 0.374 e. The van der Waals surface area contributed by atoms with E-state index in [0.29, 0.717) is 18.7 Å². The van der Waals surface area contributed by atoms with E-state index in [1.165, 1.54) is 6.07 Å². The van der Waals surface area contributed by atoms with Gasteiger partial charge in [-0.15, -0.1) is 0 Å². The molecule has 0 aliphatic carbocycles. The normalized spacial score (nSPS) is 19.7. The average Bonchev–Trinajstić information content (AvgIpc) is 2.71. The molecule has 1 aliphatic rings. The van der Waals surface area contributed by atoms with Gasteiger partial charge in [0.2, 0.25) is 5.91 Å². The lowest BCUT2D eigenvalue weighted by atomic mass is 10.1. The number of carbonyl (C=O) groups excluding carboxylic acids is 1.